The largest absolute Gasteiger partial charge is 0.416 e. The van der Waals surface area contributed by atoms with Crippen LogP contribution in [0, 0.1) is 6.92 Å². The third kappa shape index (κ3) is 2.83. The normalized spacial score (nSPS) is 11.8. The third-order valence-corrected chi connectivity index (χ3v) is 2.18. The van der Waals surface area contributed by atoms with Gasteiger partial charge in [0, 0.05) is 0 Å². The molecule has 90 valence electrons. The topological polar surface area (TPSA) is 38.9 Å². The molecule has 0 atom stereocenters. The number of aromatic nitrogens is 2. The second kappa shape index (κ2) is 4.20. The van der Waals surface area contributed by atoms with E-state index in [2.05, 4.69) is 10.1 Å². The van der Waals surface area contributed by atoms with Crippen molar-refractivity contribution < 1.29 is 17.7 Å². The Morgan fingerprint density at radius 2 is 2.06 bits per heavy atom. The van der Waals surface area contributed by atoms with Gasteiger partial charge in [-0.25, -0.2) is 0 Å². The highest BCUT2D eigenvalue weighted by molar-refractivity contribution is 5.27. The first kappa shape index (κ1) is 11.6. The van der Waals surface area contributed by atoms with Crippen molar-refractivity contribution in [3.63, 3.8) is 0 Å². The Kier molecular flexibility index (Phi) is 2.87. The monoisotopic (exact) mass is 242 g/mol. The van der Waals surface area contributed by atoms with Gasteiger partial charge in [0.2, 0.25) is 5.89 Å². The zero-order valence-corrected chi connectivity index (χ0v) is 8.95. The van der Waals surface area contributed by atoms with E-state index in [4.69, 9.17) is 4.52 Å². The van der Waals surface area contributed by atoms with Crippen LogP contribution < -0.4 is 0 Å². The molecule has 1 aromatic heterocycles. The van der Waals surface area contributed by atoms with E-state index in [1.54, 1.807) is 13.0 Å². The van der Waals surface area contributed by atoms with Crippen molar-refractivity contribution in [1.29, 1.82) is 0 Å². The number of hydrogen-bond acceptors (Lipinski definition) is 3. The molecular formula is C11H9F3N2O. The summed E-state index contributed by atoms with van der Waals surface area (Å²) < 4.78 is 42.2. The van der Waals surface area contributed by atoms with Gasteiger partial charge in [0.1, 0.15) is 0 Å². The Bertz CT molecular complexity index is 519. The number of benzene rings is 1. The van der Waals surface area contributed by atoms with E-state index in [9.17, 15) is 13.2 Å². The molecule has 17 heavy (non-hydrogen) atoms. The lowest BCUT2D eigenvalue weighted by Gasteiger charge is -2.07. The maximum atomic E-state index is 12.5. The molecule has 0 bridgehead atoms. The van der Waals surface area contributed by atoms with Gasteiger partial charge in [0.15, 0.2) is 5.82 Å². The fourth-order valence-electron chi connectivity index (χ4n) is 1.44. The molecule has 0 aliphatic carbocycles. The summed E-state index contributed by atoms with van der Waals surface area (Å²) in [6, 6.07) is 5.07. The van der Waals surface area contributed by atoms with Crippen LogP contribution in [-0.2, 0) is 12.6 Å². The van der Waals surface area contributed by atoms with Crippen LogP contribution >= 0.6 is 0 Å². The van der Waals surface area contributed by atoms with Crippen molar-refractivity contribution in [2.24, 2.45) is 0 Å². The van der Waals surface area contributed by atoms with Crippen LogP contribution in [0.3, 0.4) is 0 Å². The Labute approximate surface area is 95.3 Å². The van der Waals surface area contributed by atoms with Gasteiger partial charge in [-0.15, -0.1) is 0 Å². The predicted octanol–water partition coefficient (Wildman–Crippen LogP) is 2.99. The van der Waals surface area contributed by atoms with Crippen LogP contribution in [0.25, 0.3) is 0 Å². The van der Waals surface area contributed by atoms with Crippen molar-refractivity contribution in [3.8, 4) is 0 Å². The summed E-state index contributed by atoms with van der Waals surface area (Å²) >= 11 is 0. The van der Waals surface area contributed by atoms with Crippen LogP contribution in [0.2, 0.25) is 0 Å². The van der Waals surface area contributed by atoms with Gasteiger partial charge >= 0.3 is 6.18 Å². The molecule has 0 saturated heterocycles. The first-order valence-electron chi connectivity index (χ1n) is 4.90. The van der Waals surface area contributed by atoms with Gasteiger partial charge in [-0.1, -0.05) is 23.4 Å². The molecule has 1 heterocycles. The minimum absolute atomic E-state index is 0.199. The molecular weight excluding hydrogens is 233 g/mol. The standard InChI is InChI=1S/C11H9F3N2O/c1-7-15-10(17-16-7)6-8-3-2-4-9(5-8)11(12,13)14/h2-5H,6H2,1H3. The van der Waals surface area contributed by atoms with Gasteiger partial charge in [-0.2, -0.15) is 18.2 Å². The van der Waals surface area contributed by atoms with E-state index >= 15 is 0 Å². The Morgan fingerprint density at radius 1 is 1.29 bits per heavy atom. The average Bonchev–Trinajstić information content (AvgIpc) is 2.63. The average molecular weight is 242 g/mol. The minimum atomic E-state index is -4.33. The zero-order chi connectivity index (χ0) is 12.5. The molecule has 2 rings (SSSR count). The highest BCUT2D eigenvalue weighted by atomic mass is 19.4. The summed E-state index contributed by atoms with van der Waals surface area (Å²) in [6.07, 6.45) is -4.13. The quantitative estimate of drug-likeness (QED) is 0.812. The summed E-state index contributed by atoms with van der Waals surface area (Å²) in [4.78, 5) is 3.94. The molecule has 0 amide bonds. The second-order valence-corrected chi connectivity index (χ2v) is 3.61. The zero-order valence-electron chi connectivity index (χ0n) is 8.95. The molecule has 0 spiro atoms. The van der Waals surface area contributed by atoms with Gasteiger partial charge < -0.3 is 4.52 Å². The fourth-order valence-corrected chi connectivity index (χ4v) is 1.44. The van der Waals surface area contributed by atoms with Crippen molar-refractivity contribution in [2.45, 2.75) is 19.5 Å². The third-order valence-electron chi connectivity index (χ3n) is 2.18. The van der Waals surface area contributed by atoms with Crippen LogP contribution in [-0.4, -0.2) is 10.1 Å². The van der Waals surface area contributed by atoms with E-state index < -0.39 is 11.7 Å². The van der Waals surface area contributed by atoms with Gasteiger partial charge in [0.05, 0.1) is 12.0 Å². The SMILES string of the molecule is Cc1noc(Cc2cccc(C(F)(F)F)c2)n1. The first-order valence-corrected chi connectivity index (χ1v) is 4.90. The van der Waals surface area contributed by atoms with E-state index in [0.717, 1.165) is 12.1 Å². The van der Waals surface area contributed by atoms with Crippen molar-refractivity contribution in [1.82, 2.24) is 10.1 Å². The lowest BCUT2D eigenvalue weighted by molar-refractivity contribution is -0.137. The van der Waals surface area contributed by atoms with Crippen LogP contribution in [0.15, 0.2) is 28.8 Å². The number of hydrogen-bond donors (Lipinski definition) is 0. The first-order chi connectivity index (χ1) is 7.95. The maximum absolute atomic E-state index is 12.5. The van der Waals surface area contributed by atoms with Crippen LogP contribution in [0.4, 0.5) is 13.2 Å². The van der Waals surface area contributed by atoms with E-state index in [0.29, 0.717) is 17.3 Å². The summed E-state index contributed by atoms with van der Waals surface area (Å²) in [7, 11) is 0. The molecule has 1 aromatic carbocycles. The molecule has 3 nitrogen and oxygen atoms in total. The highest BCUT2D eigenvalue weighted by Gasteiger charge is 2.30. The fraction of sp³-hybridized carbons (Fsp3) is 0.273. The molecule has 2 aromatic rings. The summed E-state index contributed by atoms with van der Waals surface area (Å²) in [5.74, 6) is 0.772. The maximum Gasteiger partial charge on any atom is 0.416 e. The Balaban J connectivity index is 2.22. The van der Waals surface area contributed by atoms with Crippen molar-refractivity contribution >= 4 is 0 Å². The highest BCUT2D eigenvalue weighted by Crippen LogP contribution is 2.29. The van der Waals surface area contributed by atoms with Gasteiger partial charge in [-0.05, 0) is 18.6 Å². The molecule has 6 heteroatoms. The predicted molar refractivity (Wildman–Crippen MR) is 53.3 cm³/mol. The minimum Gasteiger partial charge on any atom is -0.339 e. The molecule has 0 aliphatic heterocycles. The Morgan fingerprint density at radius 3 is 2.65 bits per heavy atom. The summed E-state index contributed by atoms with van der Waals surface area (Å²) in [6.45, 7) is 1.65. The smallest absolute Gasteiger partial charge is 0.339 e. The number of halogens is 3. The Hall–Kier alpha value is -1.85. The van der Waals surface area contributed by atoms with E-state index in [1.165, 1.54) is 6.07 Å². The molecule has 0 saturated carbocycles. The number of nitrogens with zero attached hydrogens (tertiary/aromatic N) is 2. The second-order valence-electron chi connectivity index (χ2n) is 3.61. The summed E-state index contributed by atoms with van der Waals surface area (Å²) in [5.41, 5.74) is -0.185. The van der Waals surface area contributed by atoms with Gasteiger partial charge in [0.25, 0.3) is 0 Å². The number of alkyl halides is 3. The van der Waals surface area contributed by atoms with E-state index in [1.807, 2.05) is 0 Å². The van der Waals surface area contributed by atoms with Crippen LogP contribution in [0.1, 0.15) is 22.8 Å². The molecule has 0 unspecified atom stereocenters. The van der Waals surface area contributed by atoms with Crippen molar-refractivity contribution in [3.05, 3.63) is 47.1 Å². The lowest BCUT2D eigenvalue weighted by atomic mass is 10.1. The number of aryl methyl sites for hydroxylation is 1. The van der Waals surface area contributed by atoms with Crippen LogP contribution in [0.5, 0.6) is 0 Å². The number of rotatable bonds is 2. The molecule has 0 N–H and O–H groups in total. The molecule has 0 radical (unpaired) electrons. The molecule has 0 fully saturated rings. The lowest BCUT2D eigenvalue weighted by Crippen LogP contribution is -2.05. The molecule has 0 aliphatic rings. The summed E-state index contributed by atoms with van der Waals surface area (Å²) in [5, 5.41) is 3.58. The van der Waals surface area contributed by atoms with E-state index in [-0.39, 0.29) is 6.42 Å². The van der Waals surface area contributed by atoms with Gasteiger partial charge in [-0.3, -0.25) is 0 Å². The van der Waals surface area contributed by atoms with Crippen molar-refractivity contribution in [2.75, 3.05) is 0 Å².